The molecule has 0 unspecified atom stereocenters. The summed E-state index contributed by atoms with van der Waals surface area (Å²) in [6.07, 6.45) is 2.91. The van der Waals surface area contributed by atoms with Gasteiger partial charge in [-0.15, -0.1) is 11.3 Å². The van der Waals surface area contributed by atoms with E-state index < -0.39 is 4.92 Å². The van der Waals surface area contributed by atoms with Crippen LogP contribution in [0, 0.1) is 17.0 Å². The molecule has 0 amide bonds. The number of hydrogen-bond donors (Lipinski definition) is 2. The summed E-state index contributed by atoms with van der Waals surface area (Å²) in [6, 6.07) is 0. The second-order valence-corrected chi connectivity index (χ2v) is 4.95. The van der Waals surface area contributed by atoms with E-state index in [4.69, 9.17) is 0 Å². The van der Waals surface area contributed by atoms with E-state index in [9.17, 15) is 10.1 Å². The van der Waals surface area contributed by atoms with Crippen LogP contribution in [0.4, 0.5) is 17.5 Å². The van der Waals surface area contributed by atoms with Crippen LogP contribution in [0.25, 0.3) is 0 Å². The molecule has 0 atom stereocenters. The molecule has 0 saturated carbocycles. The number of anilines is 2. The zero-order valence-electron chi connectivity index (χ0n) is 10.4. The predicted octanol–water partition coefficient (Wildman–Crippen LogP) is 1.80. The molecule has 0 aromatic carbocycles. The van der Waals surface area contributed by atoms with Crippen LogP contribution in [0.1, 0.15) is 9.88 Å². The normalized spacial score (nSPS) is 10.2. The van der Waals surface area contributed by atoms with Gasteiger partial charge in [0.05, 0.1) is 16.5 Å². The predicted molar refractivity (Wildman–Crippen MR) is 72.4 cm³/mol. The van der Waals surface area contributed by atoms with Gasteiger partial charge in [-0.05, 0) is 6.92 Å². The first-order valence-electron chi connectivity index (χ1n) is 5.44. The number of aryl methyl sites for hydroxylation is 1. The van der Waals surface area contributed by atoms with Gasteiger partial charge in [-0.25, -0.2) is 9.97 Å². The number of nitrogens with zero attached hydrogens (tertiary/aromatic N) is 4. The average Bonchev–Trinajstić information content (AvgIpc) is 2.81. The van der Waals surface area contributed by atoms with E-state index >= 15 is 0 Å². The lowest BCUT2D eigenvalue weighted by Crippen LogP contribution is -2.07. The number of nitrogens with one attached hydrogen (secondary N) is 2. The van der Waals surface area contributed by atoms with Gasteiger partial charge in [0.2, 0.25) is 11.8 Å². The lowest BCUT2D eigenvalue weighted by Gasteiger charge is -2.06. The first kappa shape index (κ1) is 13.1. The molecular formula is C10H12N6O2S. The standard InChI is InChI=1S/C10H12N6O2S/c1-6-12-3-7(19-6)4-13-9-8(16(17)18)5-14-10(11-2)15-9/h3,5H,4H2,1-2H3,(H2,11,13,14,15). The van der Waals surface area contributed by atoms with Crippen LogP contribution in [-0.2, 0) is 6.54 Å². The highest BCUT2D eigenvalue weighted by atomic mass is 32.1. The molecule has 0 aliphatic heterocycles. The molecule has 19 heavy (non-hydrogen) atoms. The Bertz CT molecular complexity index is 599. The molecule has 2 heterocycles. The van der Waals surface area contributed by atoms with Crippen molar-refractivity contribution in [2.75, 3.05) is 17.7 Å². The lowest BCUT2D eigenvalue weighted by molar-refractivity contribution is -0.384. The number of thiazole rings is 1. The molecule has 0 spiro atoms. The van der Waals surface area contributed by atoms with Gasteiger partial charge in [0.15, 0.2) is 0 Å². The van der Waals surface area contributed by atoms with Crippen molar-refractivity contribution in [3.8, 4) is 0 Å². The van der Waals surface area contributed by atoms with Crippen molar-refractivity contribution in [1.29, 1.82) is 0 Å². The Morgan fingerprint density at radius 3 is 2.79 bits per heavy atom. The fraction of sp³-hybridized carbons (Fsp3) is 0.300. The minimum Gasteiger partial charge on any atom is -0.359 e. The third-order valence-electron chi connectivity index (χ3n) is 2.29. The van der Waals surface area contributed by atoms with Gasteiger partial charge in [0.25, 0.3) is 0 Å². The molecule has 0 radical (unpaired) electrons. The Morgan fingerprint density at radius 2 is 2.21 bits per heavy atom. The summed E-state index contributed by atoms with van der Waals surface area (Å²) in [4.78, 5) is 23.3. The molecule has 8 nitrogen and oxygen atoms in total. The van der Waals surface area contributed by atoms with Gasteiger partial charge < -0.3 is 10.6 Å². The molecule has 0 bridgehead atoms. The van der Waals surface area contributed by atoms with E-state index in [-0.39, 0.29) is 11.5 Å². The number of aromatic nitrogens is 3. The van der Waals surface area contributed by atoms with Crippen molar-refractivity contribution in [3.63, 3.8) is 0 Å². The molecule has 0 aliphatic rings. The van der Waals surface area contributed by atoms with Crippen molar-refractivity contribution >= 4 is 28.8 Å². The van der Waals surface area contributed by atoms with E-state index in [0.29, 0.717) is 12.5 Å². The van der Waals surface area contributed by atoms with E-state index in [0.717, 1.165) is 9.88 Å². The van der Waals surface area contributed by atoms with Gasteiger partial charge in [0.1, 0.15) is 6.20 Å². The summed E-state index contributed by atoms with van der Waals surface area (Å²) in [7, 11) is 1.65. The van der Waals surface area contributed by atoms with Gasteiger partial charge in [-0.3, -0.25) is 10.1 Å². The zero-order chi connectivity index (χ0) is 13.8. The molecule has 2 aromatic rings. The molecular weight excluding hydrogens is 268 g/mol. The van der Waals surface area contributed by atoms with Crippen LogP contribution in [0.2, 0.25) is 0 Å². The quantitative estimate of drug-likeness (QED) is 0.635. The monoisotopic (exact) mass is 280 g/mol. The van der Waals surface area contributed by atoms with Crippen LogP contribution in [-0.4, -0.2) is 26.9 Å². The third-order valence-corrected chi connectivity index (χ3v) is 3.20. The fourth-order valence-corrected chi connectivity index (χ4v) is 2.15. The molecule has 0 aliphatic carbocycles. The molecule has 2 rings (SSSR count). The lowest BCUT2D eigenvalue weighted by atomic mass is 10.4. The highest BCUT2D eigenvalue weighted by Crippen LogP contribution is 2.23. The molecule has 100 valence electrons. The third kappa shape index (κ3) is 3.13. The molecule has 0 saturated heterocycles. The summed E-state index contributed by atoms with van der Waals surface area (Å²) in [5, 5.41) is 17.5. The van der Waals surface area contributed by atoms with E-state index in [1.54, 1.807) is 13.2 Å². The molecule has 0 fully saturated rings. The largest absolute Gasteiger partial charge is 0.359 e. The maximum atomic E-state index is 10.9. The van der Waals surface area contributed by atoms with Crippen molar-refractivity contribution < 1.29 is 4.92 Å². The topological polar surface area (TPSA) is 106 Å². The van der Waals surface area contributed by atoms with Gasteiger partial charge in [-0.2, -0.15) is 4.98 Å². The van der Waals surface area contributed by atoms with Crippen LogP contribution >= 0.6 is 11.3 Å². The minimum atomic E-state index is -0.514. The highest BCUT2D eigenvalue weighted by molar-refractivity contribution is 7.11. The summed E-state index contributed by atoms with van der Waals surface area (Å²) < 4.78 is 0. The summed E-state index contributed by atoms with van der Waals surface area (Å²) in [6.45, 7) is 2.34. The second-order valence-electron chi connectivity index (χ2n) is 3.63. The van der Waals surface area contributed by atoms with Crippen LogP contribution in [0.5, 0.6) is 0 Å². The second kappa shape index (κ2) is 5.57. The number of nitro groups is 1. The van der Waals surface area contributed by atoms with E-state index in [1.807, 2.05) is 6.92 Å². The van der Waals surface area contributed by atoms with Crippen molar-refractivity contribution in [3.05, 3.63) is 32.4 Å². The van der Waals surface area contributed by atoms with E-state index in [2.05, 4.69) is 25.6 Å². The minimum absolute atomic E-state index is 0.153. The Balaban J connectivity index is 2.19. The van der Waals surface area contributed by atoms with Gasteiger partial charge in [-0.1, -0.05) is 0 Å². The van der Waals surface area contributed by atoms with Gasteiger partial charge >= 0.3 is 5.69 Å². The fourth-order valence-electron chi connectivity index (χ4n) is 1.42. The van der Waals surface area contributed by atoms with Gasteiger partial charge in [0, 0.05) is 18.1 Å². The van der Waals surface area contributed by atoms with Crippen molar-refractivity contribution in [2.24, 2.45) is 0 Å². The Morgan fingerprint density at radius 1 is 1.42 bits per heavy atom. The number of hydrogen-bond acceptors (Lipinski definition) is 8. The highest BCUT2D eigenvalue weighted by Gasteiger charge is 2.16. The van der Waals surface area contributed by atoms with Crippen molar-refractivity contribution in [2.45, 2.75) is 13.5 Å². The van der Waals surface area contributed by atoms with Crippen molar-refractivity contribution in [1.82, 2.24) is 15.0 Å². The van der Waals surface area contributed by atoms with Crippen LogP contribution in [0.3, 0.4) is 0 Å². The van der Waals surface area contributed by atoms with E-state index in [1.165, 1.54) is 17.5 Å². The summed E-state index contributed by atoms with van der Waals surface area (Å²) >= 11 is 1.53. The first-order chi connectivity index (χ1) is 9.10. The molecule has 2 aromatic heterocycles. The summed E-state index contributed by atoms with van der Waals surface area (Å²) in [5.74, 6) is 0.518. The Hall–Kier alpha value is -2.29. The zero-order valence-corrected chi connectivity index (χ0v) is 11.2. The Kier molecular flexibility index (Phi) is 3.85. The number of rotatable bonds is 5. The smallest absolute Gasteiger partial charge is 0.329 e. The average molecular weight is 280 g/mol. The maximum absolute atomic E-state index is 10.9. The SMILES string of the molecule is CNc1ncc([N+](=O)[O-])c(NCc2cnc(C)s2)n1. The van der Waals surface area contributed by atoms with Crippen LogP contribution < -0.4 is 10.6 Å². The molecule has 9 heteroatoms. The summed E-state index contributed by atoms with van der Waals surface area (Å²) in [5.41, 5.74) is -0.153. The Labute approximate surface area is 113 Å². The molecule has 2 N–H and O–H groups in total. The van der Waals surface area contributed by atoms with Crippen LogP contribution in [0.15, 0.2) is 12.4 Å². The maximum Gasteiger partial charge on any atom is 0.329 e. The first-order valence-corrected chi connectivity index (χ1v) is 6.26.